The highest BCUT2D eigenvalue weighted by Gasteiger charge is 2.51. The molecule has 1 heterocycles. The highest BCUT2D eigenvalue weighted by atomic mass is 32.3. The van der Waals surface area contributed by atoms with Crippen LogP contribution in [0.1, 0.15) is 26.7 Å². The lowest BCUT2D eigenvalue weighted by Gasteiger charge is -2.47. The summed E-state index contributed by atoms with van der Waals surface area (Å²) in [6.45, 7) is 4.50. The molecular formula is C23H29NO5S2. The summed E-state index contributed by atoms with van der Waals surface area (Å²) in [6.07, 6.45) is 5.17. The molecule has 31 heavy (non-hydrogen) atoms. The number of benzene rings is 2. The zero-order valence-corrected chi connectivity index (χ0v) is 19.5. The van der Waals surface area contributed by atoms with Gasteiger partial charge in [-0.15, -0.1) is 22.4 Å². The van der Waals surface area contributed by atoms with Crippen LogP contribution >= 0.6 is 22.4 Å². The van der Waals surface area contributed by atoms with Crippen molar-refractivity contribution in [2.24, 2.45) is 5.41 Å². The average molecular weight is 464 g/mol. The molecule has 0 saturated carbocycles. The molecule has 6 nitrogen and oxygen atoms in total. The minimum absolute atomic E-state index is 0.409. The molecule has 2 aromatic carbocycles. The van der Waals surface area contributed by atoms with Gasteiger partial charge in [0.05, 0.1) is 22.9 Å². The molecule has 3 rings (SSSR count). The first-order valence-electron chi connectivity index (χ1n) is 10.1. The number of carbonyl (C=O) groups is 1. The van der Waals surface area contributed by atoms with Crippen molar-refractivity contribution in [3.63, 3.8) is 0 Å². The molecule has 0 aromatic heterocycles. The molecule has 0 fully saturated rings. The number of ether oxygens (including phenoxy) is 1. The second-order valence-electron chi connectivity index (χ2n) is 7.53. The number of hydrogen-bond acceptors (Lipinski definition) is 6. The number of carboxylic acid groups (broad SMARTS) is 1. The molecule has 1 atom stereocenters. The van der Waals surface area contributed by atoms with Gasteiger partial charge in [-0.25, -0.2) is 4.79 Å². The molecule has 1 aliphatic heterocycles. The third kappa shape index (κ3) is 4.57. The number of thioether (sulfide) groups is 1. The summed E-state index contributed by atoms with van der Waals surface area (Å²) in [6, 6.07) is 15.5. The van der Waals surface area contributed by atoms with E-state index in [1.54, 1.807) is 17.8 Å². The van der Waals surface area contributed by atoms with Gasteiger partial charge in [0.25, 0.3) is 0 Å². The predicted octanol–water partition coefficient (Wildman–Crippen LogP) is 6.42. The Balaban J connectivity index is 2.25. The van der Waals surface area contributed by atoms with Crippen LogP contribution in [-0.4, -0.2) is 38.4 Å². The number of anilines is 2. The Labute approximate surface area is 189 Å². The van der Waals surface area contributed by atoms with Crippen molar-refractivity contribution in [2.75, 3.05) is 17.7 Å². The maximum Gasteiger partial charge on any atom is 0.331 e. The summed E-state index contributed by atoms with van der Waals surface area (Å²) >= 11 is 1.59. The van der Waals surface area contributed by atoms with Crippen LogP contribution in [0.3, 0.4) is 0 Å². The van der Waals surface area contributed by atoms with E-state index >= 15 is 0 Å². The second kappa shape index (κ2) is 9.56. The average Bonchev–Trinajstić information content (AvgIpc) is 2.85. The van der Waals surface area contributed by atoms with E-state index in [0.717, 1.165) is 28.6 Å². The number of hydrogen-bond donors (Lipinski definition) is 3. The first kappa shape index (κ1) is 23.5. The highest BCUT2D eigenvalue weighted by molar-refractivity contribution is 8.24. The normalized spacial score (nSPS) is 20.7. The van der Waals surface area contributed by atoms with Crippen molar-refractivity contribution in [3.8, 4) is 0 Å². The van der Waals surface area contributed by atoms with Gasteiger partial charge in [0.2, 0.25) is 0 Å². The van der Waals surface area contributed by atoms with Gasteiger partial charge in [-0.3, -0.25) is 9.11 Å². The molecular weight excluding hydrogens is 434 g/mol. The van der Waals surface area contributed by atoms with Gasteiger partial charge in [-0.05, 0) is 49.4 Å². The minimum Gasteiger partial charge on any atom is -0.478 e. The third-order valence-electron chi connectivity index (χ3n) is 5.94. The molecule has 1 unspecified atom stereocenters. The predicted molar refractivity (Wildman–Crippen MR) is 127 cm³/mol. The van der Waals surface area contributed by atoms with E-state index in [-0.39, 0.29) is 0 Å². The standard InChI is InChI=1S/C23H29NO5S2/c1-4-23(5-2)16-24(17-9-7-6-8-10-17)19-15-18(30-3)11-12-20(19)31(27,28)22(23)29-14-13-21(25)26/h6-15,22,27-28H,4-5,16H2,1-3H3,(H,25,26)/b14-13+. The van der Waals surface area contributed by atoms with Crippen LogP contribution < -0.4 is 4.90 Å². The summed E-state index contributed by atoms with van der Waals surface area (Å²) in [7, 11) is -3.43. The number of para-hydroxylation sites is 1. The van der Waals surface area contributed by atoms with Gasteiger partial charge in [0.1, 0.15) is 0 Å². The molecule has 3 N–H and O–H groups in total. The van der Waals surface area contributed by atoms with E-state index in [4.69, 9.17) is 9.84 Å². The summed E-state index contributed by atoms with van der Waals surface area (Å²) in [5.74, 6) is -1.15. The van der Waals surface area contributed by atoms with Gasteiger partial charge < -0.3 is 14.7 Å². The fourth-order valence-corrected chi connectivity index (χ4v) is 6.80. The number of nitrogens with zero attached hydrogens (tertiary/aromatic N) is 1. The molecule has 0 amide bonds. The van der Waals surface area contributed by atoms with Crippen LogP contribution in [0.25, 0.3) is 0 Å². The fraction of sp³-hybridized carbons (Fsp3) is 0.348. The number of carboxylic acids is 1. The Hall–Kier alpha value is -2.13. The van der Waals surface area contributed by atoms with E-state index in [2.05, 4.69) is 4.90 Å². The van der Waals surface area contributed by atoms with Crippen molar-refractivity contribution in [1.29, 1.82) is 0 Å². The van der Waals surface area contributed by atoms with Crippen LogP contribution in [-0.2, 0) is 9.53 Å². The fourth-order valence-electron chi connectivity index (χ4n) is 4.06. The van der Waals surface area contributed by atoms with Crippen LogP contribution in [0, 0.1) is 5.41 Å². The summed E-state index contributed by atoms with van der Waals surface area (Å²) in [4.78, 5) is 14.5. The zero-order chi connectivity index (χ0) is 22.6. The largest absolute Gasteiger partial charge is 0.478 e. The van der Waals surface area contributed by atoms with E-state index in [0.29, 0.717) is 24.3 Å². The van der Waals surface area contributed by atoms with Gasteiger partial charge >= 0.3 is 5.97 Å². The zero-order valence-electron chi connectivity index (χ0n) is 17.9. The van der Waals surface area contributed by atoms with Gasteiger partial charge in [-0.1, -0.05) is 32.0 Å². The third-order valence-corrected chi connectivity index (χ3v) is 8.87. The van der Waals surface area contributed by atoms with Crippen molar-refractivity contribution in [2.45, 2.75) is 41.9 Å². The van der Waals surface area contributed by atoms with E-state index in [9.17, 15) is 13.9 Å². The number of fused-ring (bicyclic) bond motifs is 1. The Bertz CT molecular complexity index is 944. The van der Waals surface area contributed by atoms with Gasteiger partial charge in [0.15, 0.2) is 5.44 Å². The maximum atomic E-state index is 11.6. The SMILES string of the molecule is CCC1(CC)CN(c2ccccc2)c2cc(SC)ccc2S(O)(O)C1O/C=C/C(=O)O. The summed E-state index contributed by atoms with van der Waals surface area (Å²) < 4.78 is 28.9. The Morgan fingerprint density at radius 1 is 1.23 bits per heavy atom. The highest BCUT2D eigenvalue weighted by Crippen LogP contribution is 2.65. The maximum absolute atomic E-state index is 11.6. The molecule has 0 radical (unpaired) electrons. The lowest BCUT2D eigenvalue weighted by Crippen LogP contribution is -2.44. The quantitative estimate of drug-likeness (QED) is 0.248. The summed E-state index contributed by atoms with van der Waals surface area (Å²) in [5.41, 5.74) is 0.0665. The monoisotopic (exact) mass is 463 g/mol. The Morgan fingerprint density at radius 3 is 2.48 bits per heavy atom. The molecule has 0 spiro atoms. The molecule has 0 bridgehead atoms. The molecule has 0 saturated heterocycles. The lowest BCUT2D eigenvalue weighted by atomic mass is 9.82. The second-order valence-corrected chi connectivity index (χ2v) is 10.5. The summed E-state index contributed by atoms with van der Waals surface area (Å²) in [5, 5.41) is 8.98. The van der Waals surface area contributed by atoms with E-state index < -0.39 is 27.4 Å². The smallest absolute Gasteiger partial charge is 0.331 e. The van der Waals surface area contributed by atoms with Crippen LogP contribution in [0.2, 0.25) is 0 Å². The number of aliphatic carboxylic acids is 1. The van der Waals surface area contributed by atoms with E-state index in [1.807, 2.05) is 62.6 Å². The van der Waals surface area contributed by atoms with Crippen LogP contribution in [0.5, 0.6) is 0 Å². The Morgan fingerprint density at radius 2 is 1.90 bits per heavy atom. The van der Waals surface area contributed by atoms with Crippen molar-refractivity contribution < 1.29 is 23.7 Å². The Kier molecular flexibility index (Phi) is 7.26. The first-order chi connectivity index (χ1) is 14.8. The van der Waals surface area contributed by atoms with Crippen LogP contribution in [0.15, 0.2) is 70.7 Å². The molecule has 0 aliphatic carbocycles. The van der Waals surface area contributed by atoms with Crippen molar-refractivity contribution in [1.82, 2.24) is 0 Å². The minimum atomic E-state index is -3.43. The van der Waals surface area contributed by atoms with Crippen molar-refractivity contribution >= 4 is 39.7 Å². The van der Waals surface area contributed by atoms with Gasteiger partial charge in [-0.2, -0.15) is 0 Å². The van der Waals surface area contributed by atoms with E-state index in [1.165, 1.54) is 0 Å². The van der Waals surface area contributed by atoms with Crippen LogP contribution in [0.4, 0.5) is 11.4 Å². The van der Waals surface area contributed by atoms with Gasteiger partial charge in [0, 0.05) is 22.5 Å². The lowest BCUT2D eigenvalue weighted by molar-refractivity contribution is -0.131. The van der Waals surface area contributed by atoms with Crippen molar-refractivity contribution in [3.05, 3.63) is 60.9 Å². The number of rotatable bonds is 7. The molecule has 2 aromatic rings. The topological polar surface area (TPSA) is 90.2 Å². The first-order valence-corrected chi connectivity index (χ1v) is 12.9. The molecule has 168 valence electrons. The molecule has 1 aliphatic rings. The molecule has 8 heteroatoms.